The molecule has 9 nitrogen and oxygen atoms in total. The van der Waals surface area contributed by atoms with Crippen LogP contribution in [0.25, 0.3) is 0 Å². The molecule has 1 saturated heterocycles. The summed E-state index contributed by atoms with van der Waals surface area (Å²) >= 11 is 0. The molecule has 1 fully saturated rings. The summed E-state index contributed by atoms with van der Waals surface area (Å²) in [5.74, 6) is -2.41. The van der Waals surface area contributed by atoms with Gasteiger partial charge in [-0.1, -0.05) is 30.3 Å². The number of rotatable bonds is 5. The molecule has 1 aromatic carbocycles. The molecule has 2 aromatic rings. The van der Waals surface area contributed by atoms with Crippen LogP contribution in [0.2, 0.25) is 0 Å². The summed E-state index contributed by atoms with van der Waals surface area (Å²) < 4.78 is 4.88. The van der Waals surface area contributed by atoms with Crippen molar-refractivity contribution in [2.75, 3.05) is 6.54 Å². The molecular weight excluding hydrogens is 328 g/mol. The molecule has 2 atom stereocenters. The summed E-state index contributed by atoms with van der Waals surface area (Å²) in [6.07, 6.45) is 1.13. The topological polar surface area (TPSA) is 127 Å². The summed E-state index contributed by atoms with van der Waals surface area (Å²) in [4.78, 5) is 34.2. The van der Waals surface area contributed by atoms with Gasteiger partial charge in [-0.3, -0.25) is 19.7 Å². The predicted octanol–water partition coefficient (Wildman–Crippen LogP) is 1.17. The molecule has 1 aliphatic rings. The van der Waals surface area contributed by atoms with Crippen LogP contribution in [-0.4, -0.2) is 29.5 Å². The van der Waals surface area contributed by atoms with Crippen LogP contribution in [0.1, 0.15) is 17.2 Å². The Morgan fingerprint density at radius 2 is 2.08 bits per heavy atom. The Bertz CT molecular complexity index is 830. The fourth-order valence-corrected chi connectivity index (χ4v) is 2.67. The number of hydrogen-bond donors (Lipinski definition) is 2. The van der Waals surface area contributed by atoms with E-state index in [2.05, 4.69) is 15.8 Å². The third kappa shape index (κ3) is 3.55. The minimum atomic E-state index is -0.898. The average Bonchev–Trinajstić information content (AvgIpc) is 3.22. The van der Waals surface area contributed by atoms with Crippen molar-refractivity contribution in [3.63, 3.8) is 0 Å². The smallest absolute Gasteiger partial charge is 0.400 e. The highest BCUT2D eigenvalue weighted by molar-refractivity contribution is 6.03. The quantitative estimate of drug-likeness (QED) is 0.365. The van der Waals surface area contributed by atoms with Crippen molar-refractivity contribution in [3.8, 4) is 0 Å². The normalized spacial score (nSPS) is 19.8. The molecular formula is C16H14N4O5. The maximum absolute atomic E-state index is 12.3. The van der Waals surface area contributed by atoms with Crippen molar-refractivity contribution in [1.82, 2.24) is 10.7 Å². The van der Waals surface area contributed by atoms with Crippen LogP contribution in [0.15, 0.2) is 52.0 Å². The first-order valence-electron chi connectivity index (χ1n) is 7.46. The van der Waals surface area contributed by atoms with Gasteiger partial charge in [0, 0.05) is 12.5 Å². The summed E-state index contributed by atoms with van der Waals surface area (Å²) in [5, 5.41) is 16.9. The van der Waals surface area contributed by atoms with Gasteiger partial charge in [-0.15, -0.1) is 0 Å². The highest BCUT2D eigenvalue weighted by Gasteiger charge is 2.40. The number of hydrazone groups is 1. The SMILES string of the molecule is O=C1NC[C@H](c2ccccc2)[C@@H]1C(=O)NN=Cc1ccc([N+](=O)[O-])o1. The van der Waals surface area contributed by atoms with E-state index >= 15 is 0 Å². The number of amides is 2. The molecule has 128 valence electrons. The molecule has 1 aromatic heterocycles. The monoisotopic (exact) mass is 342 g/mol. The Morgan fingerprint density at radius 3 is 2.76 bits per heavy atom. The first kappa shape index (κ1) is 16.4. The molecule has 0 aliphatic carbocycles. The van der Waals surface area contributed by atoms with Gasteiger partial charge in [-0.05, 0) is 11.6 Å². The van der Waals surface area contributed by atoms with Gasteiger partial charge in [-0.2, -0.15) is 5.10 Å². The van der Waals surface area contributed by atoms with Crippen LogP contribution in [0.3, 0.4) is 0 Å². The second kappa shape index (κ2) is 6.95. The lowest BCUT2D eigenvalue weighted by atomic mass is 9.88. The van der Waals surface area contributed by atoms with E-state index in [-0.39, 0.29) is 17.6 Å². The molecule has 9 heteroatoms. The molecule has 2 N–H and O–H groups in total. The van der Waals surface area contributed by atoms with E-state index in [9.17, 15) is 19.7 Å². The molecule has 2 heterocycles. The number of carbonyl (C=O) groups excluding carboxylic acids is 2. The zero-order chi connectivity index (χ0) is 17.8. The fraction of sp³-hybridized carbons (Fsp3) is 0.188. The van der Waals surface area contributed by atoms with E-state index in [1.54, 1.807) is 0 Å². The van der Waals surface area contributed by atoms with E-state index in [0.717, 1.165) is 11.8 Å². The van der Waals surface area contributed by atoms with Crippen molar-refractivity contribution in [2.24, 2.45) is 11.0 Å². The minimum Gasteiger partial charge on any atom is -0.400 e. The van der Waals surface area contributed by atoms with Gasteiger partial charge in [0.2, 0.25) is 5.91 Å². The van der Waals surface area contributed by atoms with Crippen LogP contribution >= 0.6 is 0 Å². The van der Waals surface area contributed by atoms with Crippen LogP contribution in [0, 0.1) is 16.0 Å². The molecule has 0 spiro atoms. The summed E-state index contributed by atoms with van der Waals surface area (Å²) in [5.41, 5.74) is 3.16. The average molecular weight is 342 g/mol. The van der Waals surface area contributed by atoms with Crippen molar-refractivity contribution in [1.29, 1.82) is 0 Å². The lowest BCUT2D eigenvalue weighted by molar-refractivity contribution is -0.402. The highest BCUT2D eigenvalue weighted by Crippen LogP contribution is 2.28. The first-order chi connectivity index (χ1) is 12.1. The number of nitro groups is 1. The molecule has 0 radical (unpaired) electrons. The van der Waals surface area contributed by atoms with Gasteiger partial charge in [0.1, 0.15) is 10.8 Å². The van der Waals surface area contributed by atoms with Gasteiger partial charge >= 0.3 is 5.88 Å². The Hall–Kier alpha value is -3.49. The highest BCUT2D eigenvalue weighted by atomic mass is 16.6. The van der Waals surface area contributed by atoms with Gasteiger partial charge < -0.3 is 9.73 Å². The van der Waals surface area contributed by atoms with E-state index in [4.69, 9.17) is 4.42 Å². The number of nitrogens with one attached hydrogen (secondary N) is 2. The van der Waals surface area contributed by atoms with E-state index in [1.165, 1.54) is 12.1 Å². The third-order valence-electron chi connectivity index (χ3n) is 3.85. The van der Waals surface area contributed by atoms with E-state index < -0.39 is 22.6 Å². The van der Waals surface area contributed by atoms with Crippen molar-refractivity contribution < 1.29 is 18.9 Å². The van der Waals surface area contributed by atoms with Gasteiger partial charge in [0.05, 0.1) is 12.3 Å². The van der Waals surface area contributed by atoms with E-state index in [0.29, 0.717) is 6.54 Å². The maximum Gasteiger partial charge on any atom is 0.433 e. The van der Waals surface area contributed by atoms with Crippen LogP contribution in [-0.2, 0) is 9.59 Å². The van der Waals surface area contributed by atoms with Crippen molar-refractivity contribution >= 4 is 23.9 Å². The lowest BCUT2D eigenvalue weighted by Gasteiger charge is -2.15. The van der Waals surface area contributed by atoms with Crippen LogP contribution in [0.5, 0.6) is 0 Å². The number of hydrogen-bond acceptors (Lipinski definition) is 6. The van der Waals surface area contributed by atoms with Crippen molar-refractivity contribution in [2.45, 2.75) is 5.92 Å². The summed E-state index contributed by atoms with van der Waals surface area (Å²) in [6, 6.07) is 11.8. The Kier molecular flexibility index (Phi) is 4.55. The van der Waals surface area contributed by atoms with Crippen LogP contribution < -0.4 is 10.7 Å². The lowest BCUT2D eigenvalue weighted by Crippen LogP contribution is -2.34. The Morgan fingerprint density at radius 1 is 1.32 bits per heavy atom. The third-order valence-corrected chi connectivity index (χ3v) is 3.85. The zero-order valence-corrected chi connectivity index (χ0v) is 12.9. The summed E-state index contributed by atoms with van der Waals surface area (Å²) in [6.45, 7) is 0.370. The zero-order valence-electron chi connectivity index (χ0n) is 12.9. The molecule has 1 aliphatic heterocycles. The standard InChI is InChI=1S/C16H14N4O5/c21-15-14(12(9-17-15)10-4-2-1-3-5-10)16(22)19-18-8-11-6-7-13(25-11)20(23)24/h1-8,12,14H,9H2,(H,17,21)(H,19,22)/t12-,14+/m1/s1. The number of benzene rings is 1. The second-order valence-electron chi connectivity index (χ2n) is 5.41. The van der Waals surface area contributed by atoms with Gasteiger partial charge in [0.15, 0.2) is 5.76 Å². The van der Waals surface area contributed by atoms with Gasteiger partial charge in [-0.25, -0.2) is 5.43 Å². The molecule has 3 rings (SSSR count). The maximum atomic E-state index is 12.3. The van der Waals surface area contributed by atoms with Crippen molar-refractivity contribution in [3.05, 3.63) is 63.9 Å². The molecule has 0 bridgehead atoms. The predicted molar refractivity (Wildman–Crippen MR) is 86.8 cm³/mol. The molecule has 0 unspecified atom stereocenters. The Balaban J connectivity index is 1.67. The first-order valence-corrected chi connectivity index (χ1v) is 7.46. The fourth-order valence-electron chi connectivity index (χ4n) is 2.67. The van der Waals surface area contributed by atoms with E-state index in [1.807, 2.05) is 30.3 Å². The molecule has 25 heavy (non-hydrogen) atoms. The Labute approximate surface area is 141 Å². The number of furan rings is 1. The van der Waals surface area contributed by atoms with Gasteiger partial charge in [0.25, 0.3) is 5.91 Å². The van der Waals surface area contributed by atoms with Crippen LogP contribution in [0.4, 0.5) is 5.88 Å². The largest absolute Gasteiger partial charge is 0.433 e. The molecule has 2 amide bonds. The molecule has 0 saturated carbocycles. The summed E-state index contributed by atoms with van der Waals surface area (Å²) in [7, 11) is 0. The second-order valence-corrected chi connectivity index (χ2v) is 5.41. The number of carbonyl (C=O) groups is 2. The minimum absolute atomic E-state index is 0.113. The number of nitrogens with zero attached hydrogens (tertiary/aromatic N) is 2.